The summed E-state index contributed by atoms with van der Waals surface area (Å²) < 4.78 is 4.88. The first-order chi connectivity index (χ1) is 23.7. The van der Waals surface area contributed by atoms with Crippen molar-refractivity contribution in [3.05, 3.63) is 157 Å². The van der Waals surface area contributed by atoms with Crippen LogP contribution in [0, 0.1) is 11.3 Å². The molecule has 0 saturated carbocycles. The number of rotatable bonds is 3. The second kappa shape index (κ2) is 10.4. The standard InChI is InChI=1S/C44H25N3S/c45-26-27-15-21-39-36(23-27)37-24-29(17-22-40(37)47(39)31-11-5-2-6-12-31)30-16-18-34-38(25-30)46-43(28-9-3-1-4-10-28)35-20-19-33-32-13-7-8-14-41(32)48-44(33)42(34)35/h1-25H. The van der Waals surface area contributed by atoms with Gasteiger partial charge >= 0.3 is 0 Å². The van der Waals surface area contributed by atoms with E-state index in [1.54, 1.807) is 0 Å². The van der Waals surface area contributed by atoms with Crippen molar-refractivity contribution in [2.75, 3.05) is 0 Å². The van der Waals surface area contributed by atoms with E-state index in [-0.39, 0.29) is 0 Å². The van der Waals surface area contributed by atoms with E-state index in [1.807, 2.05) is 29.5 Å². The Balaban J connectivity index is 1.24. The Morgan fingerprint density at radius 2 is 1.19 bits per heavy atom. The number of nitrogens with zero attached hydrogens (tertiary/aromatic N) is 3. The fourth-order valence-corrected chi connectivity index (χ4v) is 8.66. The van der Waals surface area contributed by atoms with E-state index in [2.05, 4.69) is 144 Å². The van der Waals surface area contributed by atoms with Gasteiger partial charge in [-0.2, -0.15) is 5.26 Å². The molecule has 0 aliphatic carbocycles. The van der Waals surface area contributed by atoms with Gasteiger partial charge in [0.15, 0.2) is 0 Å². The van der Waals surface area contributed by atoms with E-state index in [9.17, 15) is 5.26 Å². The largest absolute Gasteiger partial charge is 0.309 e. The van der Waals surface area contributed by atoms with Gasteiger partial charge in [-0.3, -0.25) is 0 Å². The molecular weight excluding hydrogens is 603 g/mol. The van der Waals surface area contributed by atoms with E-state index in [4.69, 9.17) is 4.98 Å². The highest BCUT2D eigenvalue weighted by Gasteiger charge is 2.18. The Labute approximate surface area is 280 Å². The average molecular weight is 628 g/mol. The van der Waals surface area contributed by atoms with Gasteiger partial charge < -0.3 is 4.57 Å². The summed E-state index contributed by atoms with van der Waals surface area (Å²) in [7, 11) is 0. The number of hydrogen-bond donors (Lipinski definition) is 0. The van der Waals surface area contributed by atoms with Crippen LogP contribution in [-0.2, 0) is 0 Å². The molecule has 7 aromatic carbocycles. The monoisotopic (exact) mass is 627 g/mol. The smallest absolute Gasteiger partial charge is 0.0991 e. The van der Waals surface area contributed by atoms with E-state index in [0.29, 0.717) is 5.56 Å². The van der Waals surface area contributed by atoms with Gasteiger partial charge in [0, 0.05) is 58.4 Å². The molecule has 48 heavy (non-hydrogen) atoms. The number of benzene rings is 7. The van der Waals surface area contributed by atoms with Gasteiger partial charge in [0.1, 0.15) is 0 Å². The first kappa shape index (κ1) is 26.9. The van der Waals surface area contributed by atoms with Gasteiger partial charge in [-0.05, 0) is 65.7 Å². The van der Waals surface area contributed by atoms with Crippen molar-refractivity contribution in [1.82, 2.24) is 9.55 Å². The Kier molecular flexibility index (Phi) is 5.81. The van der Waals surface area contributed by atoms with Crippen LogP contribution in [0.25, 0.3) is 91.7 Å². The lowest BCUT2D eigenvalue weighted by Gasteiger charge is -2.13. The summed E-state index contributed by atoms with van der Waals surface area (Å²) in [5.74, 6) is 0. The van der Waals surface area contributed by atoms with Gasteiger partial charge in [-0.15, -0.1) is 11.3 Å². The van der Waals surface area contributed by atoms with Crippen LogP contribution in [-0.4, -0.2) is 9.55 Å². The molecule has 0 bridgehead atoms. The van der Waals surface area contributed by atoms with E-state index >= 15 is 0 Å². The summed E-state index contributed by atoms with van der Waals surface area (Å²) in [4.78, 5) is 5.36. The van der Waals surface area contributed by atoms with Gasteiger partial charge in [0.2, 0.25) is 0 Å². The molecule has 10 aromatic rings. The first-order valence-corrected chi connectivity index (χ1v) is 16.8. The third-order valence-corrected chi connectivity index (χ3v) is 10.8. The number of nitriles is 1. The highest BCUT2D eigenvalue weighted by atomic mass is 32.1. The van der Waals surface area contributed by atoms with E-state index < -0.39 is 0 Å². The first-order valence-electron chi connectivity index (χ1n) is 16.0. The van der Waals surface area contributed by atoms with Crippen molar-refractivity contribution in [3.8, 4) is 34.1 Å². The van der Waals surface area contributed by atoms with Crippen LogP contribution in [0.2, 0.25) is 0 Å². The summed E-state index contributed by atoms with van der Waals surface area (Å²) in [6.07, 6.45) is 0. The zero-order valence-electron chi connectivity index (χ0n) is 25.7. The van der Waals surface area contributed by atoms with Gasteiger partial charge in [-0.25, -0.2) is 4.98 Å². The second-order valence-corrected chi connectivity index (χ2v) is 13.3. The van der Waals surface area contributed by atoms with Crippen molar-refractivity contribution in [1.29, 1.82) is 5.26 Å². The predicted octanol–water partition coefficient (Wildman–Crippen LogP) is 12.1. The highest BCUT2D eigenvalue weighted by Crippen LogP contribution is 2.44. The Hall–Kier alpha value is -6.28. The maximum absolute atomic E-state index is 9.75. The maximum Gasteiger partial charge on any atom is 0.0991 e. The lowest BCUT2D eigenvalue weighted by atomic mass is 9.96. The molecule has 0 fully saturated rings. The number of fused-ring (bicyclic) bond motifs is 10. The highest BCUT2D eigenvalue weighted by molar-refractivity contribution is 7.26. The quantitative estimate of drug-likeness (QED) is 0.183. The molecule has 3 nitrogen and oxygen atoms in total. The molecule has 0 N–H and O–H groups in total. The van der Waals surface area contributed by atoms with Crippen LogP contribution in [0.4, 0.5) is 0 Å². The SMILES string of the molecule is N#Cc1ccc2c(c1)c1cc(-c3ccc4c(c3)nc(-c3ccccc3)c3ccc5c6ccccc6sc5c34)ccc1n2-c1ccccc1. The van der Waals surface area contributed by atoms with Gasteiger partial charge in [0.25, 0.3) is 0 Å². The number of hydrogen-bond acceptors (Lipinski definition) is 3. The molecular formula is C44H25N3S. The minimum absolute atomic E-state index is 0.655. The number of para-hydroxylation sites is 1. The summed E-state index contributed by atoms with van der Waals surface area (Å²) in [6, 6.07) is 55.9. The Morgan fingerprint density at radius 3 is 2.02 bits per heavy atom. The molecule has 222 valence electrons. The Bertz CT molecular complexity index is 2950. The van der Waals surface area contributed by atoms with Gasteiger partial charge in [-0.1, -0.05) is 97.1 Å². The molecule has 0 spiro atoms. The molecule has 4 heteroatoms. The molecule has 0 aliphatic rings. The molecule has 3 aromatic heterocycles. The van der Waals surface area contributed by atoms with E-state index in [0.717, 1.165) is 60.8 Å². The Morgan fingerprint density at radius 1 is 0.521 bits per heavy atom. The van der Waals surface area contributed by atoms with Crippen molar-refractivity contribution < 1.29 is 0 Å². The summed E-state index contributed by atoms with van der Waals surface area (Å²) in [5.41, 5.74) is 9.25. The van der Waals surface area contributed by atoms with Crippen LogP contribution in [0.1, 0.15) is 5.56 Å². The molecule has 0 unspecified atom stereocenters. The molecule has 0 saturated heterocycles. The van der Waals surface area contributed by atoms with Crippen LogP contribution in [0.3, 0.4) is 0 Å². The minimum atomic E-state index is 0.655. The zero-order chi connectivity index (χ0) is 31.8. The normalized spacial score (nSPS) is 11.7. The maximum atomic E-state index is 9.75. The van der Waals surface area contributed by atoms with Crippen molar-refractivity contribution >= 4 is 75.0 Å². The third-order valence-electron chi connectivity index (χ3n) is 9.59. The van der Waals surface area contributed by atoms with Crippen molar-refractivity contribution in [2.24, 2.45) is 0 Å². The zero-order valence-corrected chi connectivity index (χ0v) is 26.5. The minimum Gasteiger partial charge on any atom is -0.309 e. The average Bonchev–Trinajstić information content (AvgIpc) is 3.70. The predicted molar refractivity (Wildman–Crippen MR) is 202 cm³/mol. The number of thiophene rings is 1. The molecule has 0 radical (unpaired) electrons. The van der Waals surface area contributed by atoms with E-state index in [1.165, 1.54) is 30.9 Å². The lowest BCUT2D eigenvalue weighted by molar-refractivity contribution is 1.18. The van der Waals surface area contributed by atoms with Crippen LogP contribution >= 0.6 is 11.3 Å². The number of pyridine rings is 1. The molecule has 10 rings (SSSR count). The fourth-order valence-electron chi connectivity index (χ4n) is 7.39. The van der Waals surface area contributed by atoms with Crippen LogP contribution in [0.15, 0.2) is 152 Å². The molecule has 0 atom stereocenters. The second-order valence-electron chi connectivity index (χ2n) is 12.3. The molecule has 3 heterocycles. The topological polar surface area (TPSA) is 41.6 Å². The van der Waals surface area contributed by atoms with Crippen molar-refractivity contribution in [2.45, 2.75) is 0 Å². The summed E-state index contributed by atoms with van der Waals surface area (Å²) in [6.45, 7) is 0. The third kappa shape index (κ3) is 3.95. The fraction of sp³-hybridized carbons (Fsp3) is 0. The number of aromatic nitrogens is 2. The molecule has 0 aliphatic heterocycles. The van der Waals surface area contributed by atoms with Crippen LogP contribution in [0.5, 0.6) is 0 Å². The molecule has 0 amide bonds. The lowest BCUT2D eigenvalue weighted by Crippen LogP contribution is -1.93. The van der Waals surface area contributed by atoms with Gasteiger partial charge in [0.05, 0.1) is 33.9 Å². The van der Waals surface area contributed by atoms with Crippen molar-refractivity contribution in [3.63, 3.8) is 0 Å². The van der Waals surface area contributed by atoms with Crippen LogP contribution < -0.4 is 0 Å². The summed E-state index contributed by atoms with van der Waals surface area (Å²) in [5, 5.41) is 18.1. The summed E-state index contributed by atoms with van der Waals surface area (Å²) >= 11 is 1.86.